The second-order valence-corrected chi connectivity index (χ2v) is 8.72. The number of carbonyl (C=O) groups is 1. The third-order valence-corrected chi connectivity index (χ3v) is 5.87. The third kappa shape index (κ3) is 6.85. The highest BCUT2D eigenvalue weighted by atomic mass is 16.4. The summed E-state index contributed by atoms with van der Waals surface area (Å²) in [6.07, 6.45) is 13.7. The molecule has 1 fully saturated rings. The van der Waals surface area contributed by atoms with Crippen LogP contribution in [0.2, 0.25) is 0 Å². The highest BCUT2D eigenvalue weighted by molar-refractivity contribution is 5.75. The van der Waals surface area contributed by atoms with E-state index < -0.39 is 11.4 Å². The summed E-state index contributed by atoms with van der Waals surface area (Å²) in [6.45, 7) is 9.06. The van der Waals surface area contributed by atoms with Crippen LogP contribution in [0.1, 0.15) is 105 Å². The van der Waals surface area contributed by atoms with Crippen molar-refractivity contribution < 1.29 is 9.90 Å². The number of unbranched alkanes of at least 4 members (excludes halogenated alkanes) is 2. The molecule has 0 amide bonds. The molecule has 1 N–H and O–H groups in total. The van der Waals surface area contributed by atoms with E-state index in [2.05, 4.69) is 27.7 Å². The first-order valence-corrected chi connectivity index (χ1v) is 10.1. The van der Waals surface area contributed by atoms with Crippen molar-refractivity contribution in [3.05, 3.63) is 0 Å². The van der Waals surface area contributed by atoms with Crippen molar-refractivity contribution in [2.45, 2.75) is 105 Å². The van der Waals surface area contributed by atoms with E-state index in [9.17, 15) is 9.90 Å². The van der Waals surface area contributed by atoms with Gasteiger partial charge in [-0.05, 0) is 43.4 Å². The lowest BCUT2D eigenvalue weighted by Gasteiger charge is -2.41. The highest BCUT2D eigenvalue weighted by Crippen LogP contribution is 2.47. The molecule has 23 heavy (non-hydrogen) atoms. The zero-order valence-corrected chi connectivity index (χ0v) is 16.1. The Kier molecular flexibility index (Phi) is 9.24. The van der Waals surface area contributed by atoms with Crippen LogP contribution in [0.5, 0.6) is 0 Å². The molecule has 2 unspecified atom stereocenters. The standard InChI is InChI=1S/C21H40O2/c1-17(2)11-5-6-13-19-14-8-10-16-21(19,20(22)23)15-9-7-12-18(3)4/h17-19H,5-16H2,1-4H3,(H,22,23). The monoisotopic (exact) mass is 324 g/mol. The van der Waals surface area contributed by atoms with Crippen molar-refractivity contribution in [3.63, 3.8) is 0 Å². The lowest BCUT2D eigenvalue weighted by atomic mass is 9.62. The van der Waals surface area contributed by atoms with Crippen molar-refractivity contribution in [1.82, 2.24) is 0 Å². The first-order chi connectivity index (χ1) is 10.9. The van der Waals surface area contributed by atoms with Crippen LogP contribution in [0.3, 0.4) is 0 Å². The zero-order chi connectivity index (χ0) is 17.3. The van der Waals surface area contributed by atoms with Gasteiger partial charge in [-0.15, -0.1) is 0 Å². The van der Waals surface area contributed by atoms with Gasteiger partial charge in [-0.25, -0.2) is 0 Å². The van der Waals surface area contributed by atoms with Crippen LogP contribution in [0.15, 0.2) is 0 Å². The quantitative estimate of drug-likeness (QED) is 0.430. The van der Waals surface area contributed by atoms with E-state index in [1.165, 1.54) is 38.5 Å². The fraction of sp³-hybridized carbons (Fsp3) is 0.952. The average Bonchev–Trinajstić information content (AvgIpc) is 2.48. The Bertz CT molecular complexity index is 335. The van der Waals surface area contributed by atoms with Crippen LogP contribution in [0.25, 0.3) is 0 Å². The Hall–Kier alpha value is -0.530. The molecule has 1 aliphatic carbocycles. The topological polar surface area (TPSA) is 37.3 Å². The van der Waals surface area contributed by atoms with Crippen LogP contribution < -0.4 is 0 Å². The summed E-state index contributed by atoms with van der Waals surface area (Å²) in [7, 11) is 0. The minimum atomic E-state index is -0.504. The van der Waals surface area contributed by atoms with E-state index in [0.717, 1.165) is 50.4 Å². The zero-order valence-electron chi connectivity index (χ0n) is 16.1. The molecule has 0 aliphatic heterocycles. The lowest BCUT2D eigenvalue weighted by molar-refractivity contribution is -0.156. The van der Waals surface area contributed by atoms with Crippen molar-refractivity contribution >= 4 is 5.97 Å². The second-order valence-electron chi connectivity index (χ2n) is 8.72. The molecule has 1 rings (SSSR count). The smallest absolute Gasteiger partial charge is 0.309 e. The van der Waals surface area contributed by atoms with Gasteiger partial charge < -0.3 is 5.11 Å². The molecule has 2 heteroatoms. The summed E-state index contributed by atoms with van der Waals surface area (Å²) in [5.41, 5.74) is -0.410. The number of carboxylic acids is 1. The van der Waals surface area contributed by atoms with Crippen molar-refractivity contribution in [1.29, 1.82) is 0 Å². The molecule has 0 aromatic heterocycles. The predicted molar refractivity (Wildman–Crippen MR) is 98.6 cm³/mol. The van der Waals surface area contributed by atoms with Crippen molar-refractivity contribution in [2.75, 3.05) is 0 Å². The Morgan fingerprint density at radius 1 is 1.00 bits per heavy atom. The van der Waals surface area contributed by atoms with E-state index in [-0.39, 0.29) is 0 Å². The summed E-state index contributed by atoms with van der Waals surface area (Å²) in [6, 6.07) is 0. The molecule has 136 valence electrons. The van der Waals surface area contributed by atoms with Gasteiger partial charge in [-0.1, -0.05) is 79.1 Å². The Morgan fingerprint density at radius 2 is 1.61 bits per heavy atom. The summed E-state index contributed by atoms with van der Waals surface area (Å²) >= 11 is 0. The number of aliphatic carboxylic acids is 1. The van der Waals surface area contributed by atoms with Gasteiger partial charge in [-0.2, -0.15) is 0 Å². The van der Waals surface area contributed by atoms with Gasteiger partial charge in [-0.3, -0.25) is 4.79 Å². The maximum atomic E-state index is 12.2. The maximum absolute atomic E-state index is 12.2. The van der Waals surface area contributed by atoms with E-state index in [0.29, 0.717) is 5.92 Å². The Balaban J connectivity index is 2.57. The van der Waals surface area contributed by atoms with Gasteiger partial charge in [0.25, 0.3) is 0 Å². The molecule has 0 heterocycles. The molecular weight excluding hydrogens is 284 g/mol. The van der Waals surface area contributed by atoms with Gasteiger partial charge in [0, 0.05) is 0 Å². The van der Waals surface area contributed by atoms with Gasteiger partial charge in [0.15, 0.2) is 0 Å². The van der Waals surface area contributed by atoms with Gasteiger partial charge in [0.05, 0.1) is 5.41 Å². The molecule has 2 nitrogen and oxygen atoms in total. The van der Waals surface area contributed by atoms with Crippen molar-refractivity contribution in [3.8, 4) is 0 Å². The maximum Gasteiger partial charge on any atom is 0.309 e. The molecule has 1 saturated carbocycles. The van der Waals surface area contributed by atoms with Crippen molar-refractivity contribution in [2.24, 2.45) is 23.2 Å². The van der Waals surface area contributed by atoms with E-state index in [1.807, 2.05) is 0 Å². The summed E-state index contributed by atoms with van der Waals surface area (Å²) in [5.74, 6) is 1.41. The Labute approximate surface area is 144 Å². The summed E-state index contributed by atoms with van der Waals surface area (Å²) < 4.78 is 0. The molecule has 0 aromatic carbocycles. The number of carboxylic acid groups (broad SMARTS) is 1. The van der Waals surface area contributed by atoms with Crippen LogP contribution in [-0.2, 0) is 4.79 Å². The van der Waals surface area contributed by atoms with Gasteiger partial charge in [0.1, 0.15) is 0 Å². The van der Waals surface area contributed by atoms with E-state index in [1.54, 1.807) is 0 Å². The fourth-order valence-corrected chi connectivity index (χ4v) is 4.39. The van der Waals surface area contributed by atoms with Crippen LogP contribution in [0.4, 0.5) is 0 Å². The second kappa shape index (κ2) is 10.4. The number of hydrogen-bond acceptors (Lipinski definition) is 1. The molecule has 0 radical (unpaired) electrons. The average molecular weight is 325 g/mol. The molecular formula is C21H40O2. The largest absolute Gasteiger partial charge is 0.481 e. The molecule has 0 saturated heterocycles. The van der Waals surface area contributed by atoms with Crippen LogP contribution in [0, 0.1) is 23.2 Å². The normalized spacial score (nSPS) is 25.2. The molecule has 1 aliphatic rings. The first-order valence-electron chi connectivity index (χ1n) is 10.1. The van der Waals surface area contributed by atoms with Crippen LogP contribution >= 0.6 is 0 Å². The third-order valence-electron chi connectivity index (χ3n) is 5.87. The highest BCUT2D eigenvalue weighted by Gasteiger charge is 2.45. The Morgan fingerprint density at radius 3 is 2.17 bits per heavy atom. The minimum Gasteiger partial charge on any atom is -0.481 e. The number of hydrogen-bond donors (Lipinski definition) is 1. The summed E-state index contributed by atoms with van der Waals surface area (Å²) in [4.78, 5) is 12.2. The number of rotatable bonds is 11. The van der Waals surface area contributed by atoms with Gasteiger partial charge >= 0.3 is 5.97 Å². The minimum absolute atomic E-state index is 0.410. The van der Waals surface area contributed by atoms with E-state index >= 15 is 0 Å². The molecule has 0 aromatic rings. The molecule has 0 bridgehead atoms. The van der Waals surface area contributed by atoms with Gasteiger partial charge in [0.2, 0.25) is 0 Å². The summed E-state index contributed by atoms with van der Waals surface area (Å²) in [5, 5.41) is 10.0. The van der Waals surface area contributed by atoms with E-state index in [4.69, 9.17) is 0 Å². The lowest BCUT2D eigenvalue weighted by Crippen LogP contribution is -2.41. The molecule has 2 atom stereocenters. The van der Waals surface area contributed by atoms with Crippen LogP contribution in [-0.4, -0.2) is 11.1 Å². The first kappa shape index (κ1) is 20.5. The molecule has 0 spiro atoms. The predicted octanol–water partition coefficient (Wildman–Crippen LogP) is 6.68. The fourth-order valence-electron chi connectivity index (χ4n) is 4.39. The SMILES string of the molecule is CC(C)CCCCC1CCCCC1(CCCCC(C)C)C(=O)O.